The zero-order chi connectivity index (χ0) is 26.0. The fourth-order valence-corrected chi connectivity index (χ4v) is 4.15. The van der Waals surface area contributed by atoms with Crippen molar-refractivity contribution in [2.24, 2.45) is 0 Å². The average molecular weight is 492 g/mol. The number of rotatable bonds is 7. The lowest BCUT2D eigenvalue weighted by Gasteiger charge is -2.17. The summed E-state index contributed by atoms with van der Waals surface area (Å²) in [6.45, 7) is 0. The van der Waals surface area contributed by atoms with Crippen molar-refractivity contribution in [2.75, 3.05) is 19.0 Å². The first-order valence-electron chi connectivity index (χ1n) is 11.1. The Morgan fingerprint density at radius 1 is 0.861 bits per heavy atom. The van der Waals surface area contributed by atoms with E-state index < -0.39 is 17.7 Å². The van der Waals surface area contributed by atoms with E-state index in [2.05, 4.69) is 4.98 Å². The highest BCUT2D eigenvalue weighted by atomic mass is 19.4. The van der Waals surface area contributed by atoms with Gasteiger partial charge in [-0.25, -0.2) is 0 Å². The first kappa shape index (κ1) is 24.8. The fraction of sp³-hybridized carbons (Fsp3) is 0.143. The minimum Gasteiger partial charge on any atom is -0.481 e. The van der Waals surface area contributed by atoms with E-state index in [0.29, 0.717) is 39.2 Å². The van der Waals surface area contributed by atoms with Crippen LogP contribution in [-0.4, -0.2) is 35.9 Å². The van der Waals surface area contributed by atoms with Gasteiger partial charge in [-0.3, -0.25) is 9.59 Å². The number of anilines is 1. The van der Waals surface area contributed by atoms with Gasteiger partial charge in [0.1, 0.15) is 0 Å². The first-order chi connectivity index (χ1) is 17.1. The minimum absolute atomic E-state index is 0.0873. The van der Waals surface area contributed by atoms with Crippen molar-refractivity contribution >= 4 is 17.4 Å². The molecule has 184 valence electrons. The summed E-state index contributed by atoms with van der Waals surface area (Å²) in [7, 11) is 3.62. The number of ketones is 1. The molecule has 8 heteroatoms. The van der Waals surface area contributed by atoms with Crippen LogP contribution in [0.2, 0.25) is 0 Å². The second kappa shape index (κ2) is 9.73. The number of aliphatic carboxylic acids is 1. The molecule has 3 aromatic carbocycles. The third-order valence-corrected chi connectivity index (χ3v) is 5.84. The number of benzene rings is 3. The Hall–Kier alpha value is -4.33. The topological polar surface area (TPSA) is 73.4 Å². The lowest BCUT2D eigenvalue weighted by atomic mass is 9.93. The summed E-state index contributed by atoms with van der Waals surface area (Å²) in [5, 5.41) is 9.00. The molecular formula is C28H23F3N2O3. The van der Waals surface area contributed by atoms with Crippen molar-refractivity contribution in [1.82, 2.24) is 4.98 Å². The van der Waals surface area contributed by atoms with Crippen LogP contribution >= 0.6 is 0 Å². The zero-order valence-electron chi connectivity index (χ0n) is 19.6. The van der Waals surface area contributed by atoms with Gasteiger partial charge < -0.3 is 15.0 Å². The number of nitrogens with one attached hydrogen (secondary N) is 1. The molecule has 5 nitrogen and oxygen atoms in total. The van der Waals surface area contributed by atoms with E-state index in [1.54, 1.807) is 54.7 Å². The van der Waals surface area contributed by atoms with Crippen molar-refractivity contribution in [3.8, 4) is 22.4 Å². The highest BCUT2D eigenvalue weighted by molar-refractivity contribution is 6.17. The van der Waals surface area contributed by atoms with Crippen LogP contribution in [0.3, 0.4) is 0 Å². The standard InChI is InChI=1S/C28H23F3N2O3/c1-33(2)26-23(16-32-25(26)19-9-7-17(8-10-19)15-24(34)35)27(36)22-6-4-3-5-21(22)18-11-13-20(14-12-18)28(29,30)31/h3-14,16,32H,15H2,1-2H3,(H,34,35). The molecular weight excluding hydrogens is 469 g/mol. The van der Waals surface area contributed by atoms with Crippen molar-refractivity contribution in [3.05, 3.63) is 101 Å². The van der Waals surface area contributed by atoms with Crippen LogP contribution < -0.4 is 4.90 Å². The largest absolute Gasteiger partial charge is 0.481 e. The number of H-pyrrole nitrogens is 1. The number of carboxylic acids is 1. The molecule has 2 N–H and O–H groups in total. The van der Waals surface area contributed by atoms with E-state index in [9.17, 15) is 22.8 Å². The molecule has 0 aliphatic heterocycles. The molecule has 0 fully saturated rings. The number of hydrogen-bond acceptors (Lipinski definition) is 3. The zero-order valence-corrected chi connectivity index (χ0v) is 19.6. The number of alkyl halides is 3. The number of carbonyl (C=O) groups is 2. The molecule has 0 spiro atoms. The molecule has 36 heavy (non-hydrogen) atoms. The lowest BCUT2D eigenvalue weighted by molar-refractivity contribution is -0.138. The molecule has 1 aromatic heterocycles. The monoisotopic (exact) mass is 492 g/mol. The van der Waals surface area contributed by atoms with Crippen molar-refractivity contribution in [3.63, 3.8) is 0 Å². The lowest BCUT2D eigenvalue weighted by Crippen LogP contribution is -2.14. The highest BCUT2D eigenvalue weighted by Gasteiger charge is 2.30. The second-order valence-corrected chi connectivity index (χ2v) is 8.54. The minimum atomic E-state index is -4.44. The van der Waals surface area contributed by atoms with Crippen LogP contribution in [0, 0.1) is 0 Å². The molecule has 0 saturated heterocycles. The smallest absolute Gasteiger partial charge is 0.416 e. The summed E-state index contributed by atoms with van der Waals surface area (Å²) in [4.78, 5) is 29.7. The molecule has 0 atom stereocenters. The molecule has 0 radical (unpaired) electrons. The maximum atomic E-state index is 13.7. The third kappa shape index (κ3) is 5.02. The maximum absolute atomic E-state index is 13.7. The molecule has 4 aromatic rings. The van der Waals surface area contributed by atoms with Gasteiger partial charge >= 0.3 is 12.1 Å². The summed E-state index contributed by atoms with van der Waals surface area (Å²) < 4.78 is 39.0. The van der Waals surface area contributed by atoms with Gasteiger partial charge in [-0.1, -0.05) is 60.7 Å². The molecule has 4 rings (SSSR count). The van der Waals surface area contributed by atoms with Gasteiger partial charge in [-0.2, -0.15) is 13.2 Å². The van der Waals surface area contributed by atoms with Crippen LogP contribution in [0.1, 0.15) is 27.0 Å². The van der Waals surface area contributed by atoms with E-state index >= 15 is 0 Å². The number of hydrogen-bond donors (Lipinski definition) is 2. The van der Waals surface area contributed by atoms with Crippen LogP contribution in [0.25, 0.3) is 22.4 Å². The quantitative estimate of drug-likeness (QED) is 0.297. The SMILES string of the molecule is CN(C)c1c(C(=O)c2ccccc2-c2ccc(C(F)(F)F)cc2)c[nH]c1-c1ccc(CC(=O)O)cc1. The predicted octanol–water partition coefficient (Wildman–Crippen LogP) is 6.29. The fourth-order valence-electron chi connectivity index (χ4n) is 4.15. The van der Waals surface area contributed by atoms with E-state index in [1.807, 2.05) is 19.0 Å². The normalized spacial score (nSPS) is 11.4. The van der Waals surface area contributed by atoms with Crippen LogP contribution in [0.5, 0.6) is 0 Å². The van der Waals surface area contributed by atoms with E-state index in [-0.39, 0.29) is 12.2 Å². The van der Waals surface area contributed by atoms with Crippen molar-refractivity contribution in [2.45, 2.75) is 12.6 Å². The number of carbonyl (C=O) groups excluding carboxylic acids is 1. The Labute approximate surface area is 205 Å². The van der Waals surface area contributed by atoms with Crippen LogP contribution in [0.15, 0.2) is 79.0 Å². The Bertz CT molecular complexity index is 1400. The average Bonchev–Trinajstić information content (AvgIpc) is 3.29. The number of halogens is 3. The summed E-state index contributed by atoms with van der Waals surface area (Å²) in [5.41, 5.74) is 3.82. The number of carboxylic acid groups (broad SMARTS) is 1. The molecule has 0 amide bonds. The van der Waals surface area contributed by atoms with Gasteiger partial charge in [0, 0.05) is 31.4 Å². The first-order valence-corrected chi connectivity index (χ1v) is 11.1. The third-order valence-electron chi connectivity index (χ3n) is 5.84. The molecule has 0 aliphatic carbocycles. The van der Waals surface area contributed by atoms with Gasteiger partial charge in [0.05, 0.1) is 28.9 Å². The Morgan fingerprint density at radius 3 is 2.06 bits per heavy atom. The second-order valence-electron chi connectivity index (χ2n) is 8.54. The molecule has 0 unspecified atom stereocenters. The predicted molar refractivity (Wildman–Crippen MR) is 132 cm³/mol. The van der Waals surface area contributed by atoms with Crippen LogP contribution in [0.4, 0.5) is 18.9 Å². The summed E-state index contributed by atoms with van der Waals surface area (Å²) in [6, 6.07) is 18.6. The van der Waals surface area contributed by atoms with Gasteiger partial charge in [0.25, 0.3) is 0 Å². The van der Waals surface area contributed by atoms with Gasteiger partial charge in [0.15, 0.2) is 5.78 Å². The maximum Gasteiger partial charge on any atom is 0.416 e. The van der Waals surface area contributed by atoms with Gasteiger partial charge in [-0.05, 0) is 28.8 Å². The summed E-state index contributed by atoms with van der Waals surface area (Å²) in [6.07, 6.45) is -2.92. The Morgan fingerprint density at radius 2 is 1.47 bits per heavy atom. The van der Waals surface area contributed by atoms with Crippen molar-refractivity contribution < 1.29 is 27.9 Å². The number of aromatic amines is 1. The van der Waals surface area contributed by atoms with E-state index in [0.717, 1.165) is 17.7 Å². The summed E-state index contributed by atoms with van der Waals surface area (Å²) >= 11 is 0. The van der Waals surface area contributed by atoms with Gasteiger partial charge in [0.2, 0.25) is 0 Å². The molecule has 1 heterocycles. The Kier molecular flexibility index (Phi) is 6.70. The van der Waals surface area contributed by atoms with Crippen molar-refractivity contribution in [1.29, 1.82) is 0 Å². The molecule has 0 aliphatic rings. The Balaban J connectivity index is 1.73. The highest BCUT2D eigenvalue weighted by Crippen LogP contribution is 2.36. The van der Waals surface area contributed by atoms with E-state index in [1.165, 1.54) is 12.1 Å². The summed E-state index contributed by atoms with van der Waals surface area (Å²) in [5.74, 6) is -1.20. The number of nitrogens with zero attached hydrogens (tertiary/aromatic N) is 1. The number of aromatic nitrogens is 1. The molecule has 0 bridgehead atoms. The van der Waals surface area contributed by atoms with E-state index in [4.69, 9.17) is 5.11 Å². The molecule has 0 saturated carbocycles. The van der Waals surface area contributed by atoms with Crippen LogP contribution in [-0.2, 0) is 17.4 Å². The van der Waals surface area contributed by atoms with Gasteiger partial charge in [-0.15, -0.1) is 0 Å².